The highest BCUT2D eigenvalue weighted by Gasteiger charge is 2.20. The number of aryl methyl sites for hydroxylation is 1. The summed E-state index contributed by atoms with van der Waals surface area (Å²) in [6.07, 6.45) is 0.795. The van der Waals surface area contributed by atoms with Crippen molar-refractivity contribution in [3.63, 3.8) is 0 Å². The first-order valence-corrected chi connectivity index (χ1v) is 9.80. The fourth-order valence-corrected chi connectivity index (χ4v) is 5.86. The van der Waals surface area contributed by atoms with Crippen LogP contribution in [0, 0.1) is 12.8 Å². The number of rotatable bonds is 5. The van der Waals surface area contributed by atoms with E-state index in [-0.39, 0.29) is 4.21 Å². The lowest BCUT2D eigenvalue weighted by molar-refractivity contribution is 0.603. The van der Waals surface area contributed by atoms with Crippen molar-refractivity contribution >= 4 is 53.8 Å². The lowest BCUT2D eigenvalue weighted by Crippen LogP contribution is -2.11. The van der Waals surface area contributed by atoms with E-state index in [0.717, 1.165) is 20.8 Å². The van der Waals surface area contributed by atoms with Gasteiger partial charge in [0.1, 0.15) is 9.22 Å². The van der Waals surface area contributed by atoms with Crippen LogP contribution in [-0.4, -0.2) is 18.6 Å². The first kappa shape index (κ1) is 15.9. The van der Waals surface area contributed by atoms with Gasteiger partial charge in [-0.15, -0.1) is 21.5 Å². The molecule has 0 spiro atoms. The molecule has 2 heterocycles. The molecule has 0 radical (unpaired) electrons. The summed E-state index contributed by atoms with van der Waals surface area (Å²) in [5.41, 5.74) is 0.896. The van der Waals surface area contributed by atoms with E-state index in [4.69, 9.17) is 0 Å². The van der Waals surface area contributed by atoms with Gasteiger partial charge in [-0.3, -0.25) is 4.72 Å². The van der Waals surface area contributed by atoms with Gasteiger partial charge in [-0.1, -0.05) is 25.2 Å². The number of hydrogen-bond acceptors (Lipinski definition) is 6. The second-order valence-electron chi connectivity index (χ2n) is 4.73. The molecule has 20 heavy (non-hydrogen) atoms. The number of nitrogens with zero attached hydrogens (tertiary/aromatic N) is 2. The molecule has 2 aromatic heterocycles. The Kier molecular flexibility index (Phi) is 4.83. The Bertz CT molecular complexity index is 687. The van der Waals surface area contributed by atoms with Crippen LogP contribution in [0.1, 0.15) is 24.4 Å². The number of anilines is 1. The van der Waals surface area contributed by atoms with Crippen LogP contribution >= 0.6 is 38.6 Å². The van der Waals surface area contributed by atoms with E-state index in [1.165, 1.54) is 22.7 Å². The van der Waals surface area contributed by atoms with E-state index in [1.807, 2.05) is 6.92 Å². The molecule has 0 bridgehead atoms. The zero-order chi connectivity index (χ0) is 14.9. The van der Waals surface area contributed by atoms with Gasteiger partial charge >= 0.3 is 0 Å². The van der Waals surface area contributed by atoms with Crippen molar-refractivity contribution < 1.29 is 8.42 Å². The first-order valence-electron chi connectivity index (χ1n) is 5.89. The Balaban J connectivity index is 2.18. The topological polar surface area (TPSA) is 72.0 Å². The van der Waals surface area contributed by atoms with Gasteiger partial charge in [0.25, 0.3) is 10.0 Å². The highest BCUT2D eigenvalue weighted by molar-refractivity contribution is 9.11. The van der Waals surface area contributed by atoms with E-state index < -0.39 is 10.0 Å². The van der Waals surface area contributed by atoms with Crippen LogP contribution in [0.2, 0.25) is 0 Å². The average molecular weight is 396 g/mol. The molecule has 9 heteroatoms. The molecule has 2 rings (SSSR count). The molecule has 0 fully saturated rings. The van der Waals surface area contributed by atoms with Crippen molar-refractivity contribution in [1.29, 1.82) is 0 Å². The Labute approximate surface area is 134 Å². The Morgan fingerprint density at radius 2 is 2.05 bits per heavy atom. The molecule has 0 atom stereocenters. The molecule has 0 unspecified atom stereocenters. The fourth-order valence-electron chi connectivity index (χ4n) is 1.46. The first-order chi connectivity index (χ1) is 9.28. The second kappa shape index (κ2) is 6.08. The summed E-state index contributed by atoms with van der Waals surface area (Å²) in [6, 6.07) is 1.63. The normalized spacial score (nSPS) is 12.1. The molecular weight excluding hydrogens is 382 g/mol. The molecule has 0 aliphatic heterocycles. The standard InChI is InChI=1S/C11H14BrN3O2S3/c1-6(2)4-8-13-14-11(18-8)15-20(16,17)9-5-7(3)10(12)19-9/h5-6H,4H2,1-3H3,(H,14,15). The van der Waals surface area contributed by atoms with Crippen LogP contribution in [-0.2, 0) is 16.4 Å². The van der Waals surface area contributed by atoms with Gasteiger partial charge in [0, 0.05) is 6.42 Å². The van der Waals surface area contributed by atoms with Gasteiger partial charge in [0.05, 0.1) is 3.79 Å². The van der Waals surface area contributed by atoms with Crippen molar-refractivity contribution in [3.8, 4) is 0 Å². The summed E-state index contributed by atoms with van der Waals surface area (Å²) < 4.78 is 28.0. The van der Waals surface area contributed by atoms with Gasteiger partial charge in [-0.05, 0) is 40.4 Å². The minimum absolute atomic E-state index is 0.266. The predicted octanol–water partition coefficient (Wildman–Crippen LogP) is 3.67. The van der Waals surface area contributed by atoms with Crippen LogP contribution in [0.25, 0.3) is 0 Å². The zero-order valence-corrected chi connectivity index (χ0v) is 15.2. The molecule has 110 valence electrons. The second-order valence-corrected chi connectivity index (χ2v) is 10.1. The molecule has 0 amide bonds. The molecule has 0 aromatic carbocycles. The largest absolute Gasteiger partial charge is 0.273 e. The number of sulfonamides is 1. The molecular formula is C11H14BrN3O2S3. The van der Waals surface area contributed by atoms with Crippen LogP contribution in [0.4, 0.5) is 5.13 Å². The Morgan fingerprint density at radius 1 is 1.35 bits per heavy atom. The van der Waals surface area contributed by atoms with E-state index in [0.29, 0.717) is 11.0 Å². The van der Waals surface area contributed by atoms with Crippen molar-refractivity contribution in [1.82, 2.24) is 10.2 Å². The van der Waals surface area contributed by atoms with Gasteiger partial charge < -0.3 is 0 Å². The molecule has 1 N–H and O–H groups in total. The molecule has 2 aromatic rings. The lowest BCUT2D eigenvalue weighted by Gasteiger charge is -2.01. The van der Waals surface area contributed by atoms with E-state index in [1.54, 1.807) is 6.07 Å². The summed E-state index contributed by atoms with van der Waals surface area (Å²) in [4.78, 5) is 0. The van der Waals surface area contributed by atoms with Crippen LogP contribution < -0.4 is 4.72 Å². The minimum atomic E-state index is -3.58. The van der Waals surface area contributed by atoms with Crippen molar-refractivity contribution in [2.75, 3.05) is 4.72 Å². The zero-order valence-electron chi connectivity index (χ0n) is 11.2. The van der Waals surface area contributed by atoms with Crippen LogP contribution in [0.3, 0.4) is 0 Å². The van der Waals surface area contributed by atoms with Gasteiger partial charge in [-0.2, -0.15) is 0 Å². The van der Waals surface area contributed by atoms with E-state index in [9.17, 15) is 8.42 Å². The van der Waals surface area contributed by atoms with Gasteiger partial charge in [-0.25, -0.2) is 8.42 Å². The molecule has 0 aliphatic carbocycles. The summed E-state index contributed by atoms with van der Waals surface area (Å²) in [7, 11) is -3.58. The SMILES string of the molecule is Cc1cc(S(=O)(=O)Nc2nnc(CC(C)C)s2)sc1Br. The van der Waals surface area contributed by atoms with Crippen molar-refractivity contribution in [2.45, 2.75) is 31.4 Å². The quantitative estimate of drug-likeness (QED) is 0.837. The van der Waals surface area contributed by atoms with Gasteiger partial charge in [0.15, 0.2) is 0 Å². The Morgan fingerprint density at radius 3 is 2.60 bits per heavy atom. The van der Waals surface area contributed by atoms with Crippen molar-refractivity contribution in [3.05, 3.63) is 20.4 Å². The Hall–Kier alpha value is -0.510. The number of hydrogen-bond donors (Lipinski definition) is 1. The highest BCUT2D eigenvalue weighted by Crippen LogP contribution is 2.32. The third kappa shape index (κ3) is 3.78. The number of nitrogens with one attached hydrogen (secondary N) is 1. The fraction of sp³-hybridized carbons (Fsp3) is 0.455. The highest BCUT2D eigenvalue weighted by atomic mass is 79.9. The number of halogens is 1. The summed E-state index contributed by atoms with van der Waals surface area (Å²) in [5.74, 6) is 0.461. The average Bonchev–Trinajstić information content (AvgIpc) is 2.86. The van der Waals surface area contributed by atoms with Crippen molar-refractivity contribution in [2.24, 2.45) is 5.92 Å². The maximum absolute atomic E-state index is 12.2. The minimum Gasteiger partial charge on any atom is -0.253 e. The molecule has 5 nitrogen and oxygen atoms in total. The smallest absolute Gasteiger partial charge is 0.253 e. The molecule has 0 saturated heterocycles. The maximum atomic E-state index is 12.2. The maximum Gasteiger partial charge on any atom is 0.273 e. The number of thiophene rings is 1. The van der Waals surface area contributed by atoms with Crippen LogP contribution in [0.5, 0.6) is 0 Å². The van der Waals surface area contributed by atoms with E-state index >= 15 is 0 Å². The molecule has 0 saturated carbocycles. The monoisotopic (exact) mass is 395 g/mol. The van der Waals surface area contributed by atoms with Gasteiger partial charge in [0.2, 0.25) is 5.13 Å². The lowest BCUT2D eigenvalue weighted by atomic mass is 10.1. The molecule has 0 aliphatic rings. The van der Waals surface area contributed by atoms with E-state index in [2.05, 4.69) is 44.7 Å². The summed E-state index contributed by atoms with van der Waals surface area (Å²) >= 11 is 5.78. The van der Waals surface area contributed by atoms with Crippen LogP contribution in [0.15, 0.2) is 14.1 Å². The number of aromatic nitrogens is 2. The predicted molar refractivity (Wildman–Crippen MR) is 86.0 cm³/mol. The third-order valence-electron chi connectivity index (χ3n) is 2.37. The summed E-state index contributed by atoms with van der Waals surface area (Å²) in [5, 5.41) is 9.02. The summed E-state index contributed by atoms with van der Waals surface area (Å²) in [6.45, 7) is 6.01. The third-order valence-corrected chi connectivity index (χ3v) is 7.31.